The molecule has 0 radical (unpaired) electrons. The van der Waals surface area contributed by atoms with Crippen LogP contribution >= 0.6 is 0 Å². The SMILES string of the molecule is C=C1C(=CC=C2CCC[C@@]3(C)C2CCC3C(C)(C)C=CC=O)CC(O[Si](C)(C)C(C)(C)C)CC1O[Si](C)(C)C(C)(C)C. The van der Waals surface area contributed by atoms with Crippen molar-refractivity contribution >= 4 is 22.9 Å². The van der Waals surface area contributed by atoms with Gasteiger partial charge in [-0.25, -0.2) is 0 Å². The summed E-state index contributed by atoms with van der Waals surface area (Å²) in [5.41, 5.74) is 4.37. The molecule has 3 aliphatic rings. The normalized spacial score (nSPS) is 32.2. The molecule has 0 amide bonds. The number of fused-ring (bicyclic) bond motifs is 1. The summed E-state index contributed by atoms with van der Waals surface area (Å²) < 4.78 is 14.1. The van der Waals surface area contributed by atoms with Gasteiger partial charge in [0, 0.05) is 6.42 Å². The summed E-state index contributed by atoms with van der Waals surface area (Å²) >= 11 is 0. The maximum absolute atomic E-state index is 11.1. The summed E-state index contributed by atoms with van der Waals surface area (Å²) in [5.74, 6) is 1.18. The lowest BCUT2D eigenvalue weighted by Gasteiger charge is -2.47. The first-order valence-corrected chi connectivity index (χ1v) is 22.4. The topological polar surface area (TPSA) is 35.5 Å². The molecule has 3 fully saturated rings. The first kappa shape index (κ1) is 35.5. The molecule has 5 atom stereocenters. The monoisotopic (exact) mass is 612 g/mol. The van der Waals surface area contributed by atoms with Gasteiger partial charge in [-0.05, 0) is 115 Å². The van der Waals surface area contributed by atoms with Gasteiger partial charge in [0.25, 0.3) is 0 Å². The Morgan fingerprint density at radius 1 is 0.905 bits per heavy atom. The van der Waals surface area contributed by atoms with Crippen LogP contribution < -0.4 is 0 Å². The van der Waals surface area contributed by atoms with E-state index >= 15 is 0 Å². The Morgan fingerprint density at radius 2 is 1.50 bits per heavy atom. The summed E-state index contributed by atoms with van der Waals surface area (Å²) in [6, 6.07) is 0. The van der Waals surface area contributed by atoms with Gasteiger partial charge in [-0.3, -0.25) is 4.79 Å². The highest BCUT2D eigenvalue weighted by Gasteiger charge is 2.53. The number of hydrogen-bond acceptors (Lipinski definition) is 3. The van der Waals surface area contributed by atoms with E-state index in [4.69, 9.17) is 8.85 Å². The molecule has 0 spiro atoms. The molecule has 5 heteroatoms. The van der Waals surface area contributed by atoms with Gasteiger partial charge in [-0.2, -0.15) is 0 Å². The lowest BCUT2D eigenvalue weighted by molar-refractivity contribution is -0.104. The Hall–Kier alpha value is -1.02. The molecular formula is C37H64O3Si2. The lowest BCUT2D eigenvalue weighted by atomic mass is 9.57. The van der Waals surface area contributed by atoms with Crippen LogP contribution in [0, 0.1) is 22.7 Å². The Labute approximate surface area is 261 Å². The average Bonchev–Trinajstić information content (AvgIpc) is 3.20. The van der Waals surface area contributed by atoms with E-state index in [9.17, 15) is 4.79 Å². The number of aldehydes is 1. The zero-order valence-corrected chi connectivity index (χ0v) is 31.6. The summed E-state index contributed by atoms with van der Waals surface area (Å²) in [5, 5.41) is 0.315. The molecule has 0 aliphatic heterocycles. The molecule has 3 nitrogen and oxygen atoms in total. The second-order valence-corrected chi connectivity index (χ2v) is 27.1. The predicted molar refractivity (Wildman–Crippen MR) is 186 cm³/mol. The van der Waals surface area contributed by atoms with E-state index in [1.165, 1.54) is 37.7 Å². The zero-order chi connectivity index (χ0) is 31.9. The fourth-order valence-corrected chi connectivity index (χ4v) is 10.3. The van der Waals surface area contributed by atoms with E-state index in [0.29, 0.717) is 11.8 Å². The quantitative estimate of drug-likeness (QED) is 0.155. The summed E-state index contributed by atoms with van der Waals surface area (Å²) in [6.45, 7) is 35.2. The third-order valence-electron chi connectivity index (χ3n) is 12.2. The van der Waals surface area contributed by atoms with Crippen LogP contribution in [0.25, 0.3) is 0 Å². The highest BCUT2D eigenvalue weighted by atomic mass is 28.4. The third kappa shape index (κ3) is 7.43. The van der Waals surface area contributed by atoms with Crippen molar-refractivity contribution in [3.05, 3.63) is 47.6 Å². The van der Waals surface area contributed by atoms with Crippen molar-refractivity contribution < 1.29 is 13.6 Å². The number of carbonyl (C=O) groups is 1. The molecule has 238 valence electrons. The Kier molecular flexibility index (Phi) is 10.5. The lowest BCUT2D eigenvalue weighted by Crippen LogP contribution is -2.49. The Balaban J connectivity index is 1.95. The molecule has 42 heavy (non-hydrogen) atoms. The van der Waals surface area contributed by atoms with Crippen LogP contribution in [0.2, 0.25) is 36.3 Å². The van der Waals surface area contributed by atoms with Crippen LogP contribution in [-0.2, 0) is 13.6 Å². The van der Waals surface area contributed by atoms with Gasteiger partial charge < -0.3 is 8.85 Å². The van der Waals surface area contributed by atoms with Gasteiger partial charge in [0.2, 0.25) is 0 Å². The minimum absolute atomic E-state index is 0.0111. The molecule has 3 saturated carbocycles. The van der Waals surface area contributed by atoms with Crippen molar-refractivity contribution in [2.45, 2.75) is 156 Å². The molecule has 0 N–H and O–H groups in total. The number of allylic oxidation sites excluding steroid dienone is 5. The predicted octanol–water partition coefficient (Wildman–Crippen LogP) is 11.0. The first-order chi connectivity index (χ1) is 19.1. The van der Waals surface area contributed by atoms with Crippen molar-refractivity contribution in [2.24, 2.45) is 22.7 Å². The van der Waals surface area contributed by atoms with Crippen molar-refractivity contribution in [3.63, 3.8) is 0 Å². The maximum atomic E-state index is 11.1. The number of hydrogen-bond donors (Lipinski definition) is 0. The largest absolute Gasteiger partial charge is 0.413 e. The standard InChI is InChI=1S/C37H64O3Si2/c1-27-29(19-18-28-17-15-23-37(10)31(28)20-21-33(37)36(8,9)22-16-24-38)25-30(39-41(11,12)34(2,3)4)26-32(27)40-42(13,14)35(5,6)7/h16,18-19,22,24,30-33H,1,15,17,20-21,23,25-26H2,2-14H3/t30?,31?,32?,33?,37-/m0/s1. The van der Waals surface area contributed by atoms with Gasteiger partial charge in [-0.15, -0.1) is 0 Å². The Bertz CT molecular complexity index is 1100. The fraction of sp³-hybridized carbons (Fsp3) is 0.757. The summed E-state index contributed by atoms with van der Waals surface area (Å²) in [4.78, 5) is 11.1. The van der Waals surface area contributed by atoms with Gasteiger partial charge in [0.15, 0.2) is 16.6 Å². The minimum atomic E-state index is -1.98. The van der Waals surface area contributed by atoms with Crippen molar-refractivity contribution in [1.82, 2.24) is 0 Å². The van der Waals surface area contributed by atoms with E-state index in [1.54, 1.807) is 11.6 Å². The molecule has 3 rings (SSSR count). The second kappa shape index (κ2) is 12.4. The fourth-order valence-electron chi connectivity index (χ4n) is 7.63. The molecule has 0 saturated heterocycles. The first-order valence-electron chi connectivity index (χ1n) is 16.6. The Morgan fingerprint density at radius 3 is 2.07 bits per heavy atom. The number of rotatable bonds is 8. The second-order valence-electron chi connectivity index (χ2n) is 17.6. The van der Waals surface area contributed by atoms with Gasteiger partial charge in [0.05, 0.1) is 12.2 Å². The molecule has 4 unspecified atom stereocenters. The van der Waals surface area contributed by atoms with E-state index in [0.717, 1.165) is 24.7 Å². The zero-order valence-electron chi connectivity index (χ0n) is 29.6. The highest BCUT2D eigenvalue weighted by molar-refractivity contribution is 6.74. The van der Waals surface area contributed by atoms with Crippen molar-refractivity contribution in [3.8, 4) is 0 Å². The van der Waals surface area contributed by atoms with E-state index < -0.39 is 16.6 Å². The van der Waals surface area contributed by atoms with Gasteiger partial charge in [0.1, 0.15) is 6.29 Å². The third-order valence-corrected chi connectivity index (χ3v) is 21.2. The van der Waals surface area contributed by atoms with Gasteiger partial charge in [-0.1, -0.05) is 92.7 Å². The molecule has 0 aromatic heterocycles. The molecule has 0 aromatic carbocycles. The van der Waals surface area contributed by atoms with Crippen LogP contribution in [0.5, 0.6) is 0 Å². The smallest absolute Gasteiger partial charge is 0.192 e. The van der Waals surface area contributed by atoms with Crippen LogP contribution in [0.3, 0.4) is 0 Å². The minimum Gasteiger partial charge on any atom is -0.413 e. The molecule has 0 bridgehead atoms. The van der Waals surface area contributed by atoms with Crippen LogP contribution in [0.4, 0.5) is 0 Å². The molecule has 3 aliphatic carbocycles. The van der Waals surface area contributed by atoms with E-state index in [-0.39, 0.29) is 33.1 Å². The van der Waals surface area contributed by atoms with E-state index in [1.807, 2.05) is 0 Å². The van der Waals surface area contributed by atoms with Gasteiger partial charge >= 0.3 is 0 Å². The average molecular weight is 613 g/mol. The molecule has 0 heterocycles. The maximum Gasteiger partial charge on any atom is 0.192 e. The van der Waals surface area contributed by atoms with Crippen LogP contribution in [0.15, 0.2) is 47.6 Å². The molecular weight excluding hydrogens is 549 g/mol. The van der Waals surface area contributed by atoms with Crippen molar-refractivity contribution in [2.75, 3.05) is 0 Å². The van der Waals surface area contributed by atoms with Crippen LogP contribution in [0.1, 0.15) is 107 Å². The van der Waals surface area contributed by atoms with Crippen molar-refractivity contribution in [1.29, 1.82) is 0 Å². The summed E-state index contributed by atoms with van der Waals surface area (Å²) in [6.07, 6.45) is 17.8. The summed E-state index contributed by atoms with van der Waals surface area (Å²) in [7, 11) is -3.91. The van der Waals surface area contributed by atoms with Crippen LogP contribution in [-0.4, -0.2) is 35.1 Å². The highest BCUT2D eigenvalue weighted by Crippen LogP contribution is 2.62. The number of carbonyl (C=O) groups excluding carboxylic acids is 1. The molecule has 0 aromatic rings. The van der Waals surface area contributed by atoms with E-state index in [2.05, 4.69) is 113 Å².